The van der Waals surface area contributed by atoms with Crippen LogP contribution in [0.5, 0.6) is 0 Å². The molecule has 0 radical (unpaired) electrons. The molecule has 84 valence electrons. The zero-order valence-corrected chi connectivity index (χ0v) is 8.26. The molecule has 16 heavy (non-hydrogen) atoms. The Morgan fingerprint density at radius 2 is 1.94 bits per heavy atom. The molecule has 1 aromatic heterocycles. The average Bonchev–Trinajstić information content (AvgIpc) is 2.17. The molecule has 0 fully saturated rings. The summed E-state index contributed by atoms with van der Waals surface area (Å²) in [6.07, 6.45) is -4.22. The van der Waals surface area contributed by atoms with Crippen molar-refractivity contribution in [1.29, 1.82) is 0 Å². The molecular weight excluding hydrogens is 221 g/mol. The predicted molar refractivity (Wildman–Crippen MR) is 52.2 cm³/mol. The first-order valence-corrected chi connectivity index (χ1v) is 4.49. The van der Waals surface area contributed by atoms with Crippen molar-refractivity contribution in [3.05, 3.63) is 45.8 Å². The molecule has 5 heteroatoms. The summed E-state index contributed by atoms with van der Waals surface area (Å²) in [5.74, 6) is 0. The van der Waals surface area contributed by atoms with Crippen LogP contribution in [0.2, 0.25) is 0 Å². The normalized spacial score (nSPS) is 12.0. The maximum Gasteiger partial charge on any atom is 0.423 e. The number of fused-ring (bicyclic) bond motifs is 1. The molecule has 1 heterocycles. The third-order valence-corrected chi connectivity index (χ3v) is 2.23. The molecule has 2 rings (SSSR count). The summed E-state index contributed by atoms with van der Waals surface area (Å²) in [4.78, 5) is 11.5. The van der Waals surface area contributed by atoms with E-state index in [1.54, 1.807) is 13.0 Å². The first kappa shape index (κ1) is 10.7. The number of rotatable bonds is 0. The Morgan fingerprint density at radius 3 is 2.56 bits per heavy atom. The van der Waals surface area contributed by atoms with E-state index in [2.05, 4.69) is 0 Å². The van der Waals surface area contributed by atoms with Gasteiger partial charge in [0, 0.05) is 0 Å². The second-order valence-electron chi connectivity index (χ2n) is 3.48. The minimum absolute atomic E-state index is 0.0465. The average molecular weight is 228 g/mol. The lowest BCUT2D eigenvalue weighted by atomic mass is 10.1. The van der Waals surface area contributed by atoms with Gasteiger partial charge in [0.25, 0.3) is 0 Å². The molecule has 1 aromatic carbocycles. The maximum absolute atomic E-state index is 12.4. The molecule has 0 atom stereocenters. The van der Waals surface area contributed by atoms with Crippen molar-refractivity contribution >= 4 is 11.0 Å². The Labute approximate surface area is 88.3 Å². The first-order valence-electron chi connectivity index (χ1n) is 4.49. The van der Waals surface area contributed by atoms with Gasteiger partial charge in [-0.1, -0.05) is 11.6 Å². The molecule has 0 unspecified atom stereocenters. The lowest BCUT2D eigenvalue weighted by Crippen LogP contribution is -2.18. The van der Waals surface area contributed by atoms with Gasteiger partial charge in [-0.05, 0) is 19.1 Å². The van der Waals surface area contributed by atoms with Gasteiger partial charge in [-0.2, -0.15) is 13.2 Å². The van der Waals surface area contributed by atoms with Gasteiger partial charge in [0.2, 0.25) is 5.43 Å². The fourth-order valence-electron chi connectivity index (χ4n) is 1.44. The van der Waals surface area contributed by atoms with E-state index < -0.39 is 17.2 Å². The van der Waals surface area contributed by atoms with Crippen LogP contribution in [0.4, 0.5) is 13.2 Å². The smallest absolute Gasteiger partial charge is 0.423 e. The van der Waals surface area contributed by atoms with Gasteiger partial charge in [-0.25, -0.2) is 0 Å². The minimum atomic E-state index is -4.68. The fourth-order valence-corrected chi connectivity index (χ4v) is 1.44. The van der Waals surface area contributed by atoms with Crippen LogP contribution in [0.25, 0.3) is 11.0 Å². The Morgan fingerprint density at radius 1 is 1.25 bits per heavy atom. The van der Waals surface area contributed by atoms with Gasteiger partial charge in [-0.15, -0.1) is 0 Å². The van der Waals surface area contributed by atoms with Crippen LogP contribution in [-0.4, -0.2) is 0 Å². The lowest BCUT2D eigenvalue weighted by molar-refractivity contribution is -0.139. The van der Waals surface area contributed by atoms with Gasteiger partial charge in [0.15, 0.2) is 0 Å². The zero-order valence-electron chi connectivity index (χ0n) is 8.26. The molecule has 0 aliphatic heterocycles. The molecule has 2 nitrogen and oxygen atoms in total. The monoisotopic (exact) mass is 228 g/mol. The molecular formula is C11H7F3O2. The van der Waals surface area contributed by atoms with Crippen LogP contribution in [0.1, 0.15) is 11.1 Å². The van der Waals surface area contributed by atoms with Crippen LogP contribution in [0, 0.1) is 6.92 Å². The number of alkyl halides is 3. The molecule has 0 bridgehead atoms. The van der Waals surface area contributed by atoms with E-state index in [9.17, 15) is 18.0 Å². The Hall–Kier alpha value is -1.78. The summed E-state index contributed by atoms with van der Waals surface area (Å²) in [7, 11) is 0. The van der Waals surface area contributed by atoms with E-state index in [0.29, 0.717) is 11.8 Å². The molecule has 0 saturated heterocycles. The molecule has 2 aromatic rings. The van der Waals surface area contributed by atoms with Crippen molar-refractivity contribution < 1.29 is 17.6 Å². The Balaban J connectivity index is 2.84. The quantitative estimate of drug-likeness (QED) is 0.693. The van der Waals surface area contributed by atoms with Crippen molar-refractivity contribution in [2.75, 3.05) is 0 Å². The molecule has 0 aliphatic carbocycles. The predicted octanol–water partition coefficient (Wildman–Crippen LogP) is 3.12. The highest BCUT2D eigenvalue weighted by molar-refractivity contribution is 5.77. The number of aryl methyl sites for hydroxylation is 1. The molecule has 0 saturated carbocycles. The van der Waals surface area contributed by atoms with Crippen LogP contribution in [-0.2, 0) is 6.18 Å². The third kappa shape index (κ3) is 1.68. The number of hydrogen-bond acceptors (Lipinski definition) is 2. The highest BCUT2D eigenvalue weighted by Crippen LogP contribution is 2.28. The van der Waals surface area contributed by atoms with Gasteiger partial charge in [0.1, 0.15) is 17.4 Å². The summed E-state index contributed by atoms with van der Waals surface area (Å²) in [5.41, 5.74) is -1.45. The minimum Gasteiger partial charge on any atom is -0.463 e. The molecule has 0 N–H and O–H groups in total. The van der Waals surface area contributed by atoms with E-state index in [4.69, 9.17) is 4.42 Å². The third-order valence-electron chi connectivity index (χ3n) is 2.23. The van der Waals surface area contributed by atoms with Gasteiger partial charge in [-0.3, -0.25) is 4.79 Å². The SMILES string of the molecule is Cc1ccc2occ(C(F)(F)F)c(=O)c2c1. The maximum atomic E-state index is 12.4. The second-order valence-corrected chi connectivity index (χ2v) is 3.48. The van der Waals surface area contributed by atoms with Crippen LogP contribution < -0.4 is 5.43 Å². The topological polar surface area (TPSA) is 30.2 Å². The first-order chi connectivity index (χ1) is 7.39. The summed E-state index contributed by atoms with van der Waals surface area (Å²) in [6.45, 7) is 1.69. The van der Waals surface area contributed by atoms with Gasteiger partial charge < -0.3 is 4.42 Å². The van der Waals surface area contributed by atoms with E-state index in [-0.39, 0.29) is 11.0 Å². The highest BCUT2D eigenvalue weighted by Gasteiger charge is 2.35. The summed E-state index contributed by atoms with van der Waals surface area (Å²) in [5, 5.41) is -0.0465. The Kier molecular flexibility index (Phi) is 2.26. The van der Waals surface area contributed by atoms with Crippen molar-refractivity contribution in [3.63, 3.8) is 0 Å². The van der Waals surface area contributed by atoms with E-state index in [0.717, 1.165) is 0 Å². The van der Waals surface area contributed by atoms with Crippen LogP contribution >= 0.6 is 0 Å². The number of halogens is 3. The van der Waals surface area contributed by atoms with Crippen molar-refractivity contribution in [2.24, 2.45) is 0 Å². The fraction of sp³-hybridized carbons (Fsp3) is 0.182. The summed E-state index contributed by atoms with van der Waals surface area (Å²) < 4.78 is 42.0. The van der Waals surface area contributed by atoms with Gasteiger partial charge >= 0.3 is 6.18 Å². The lowest BCUT2D eigenvalue weighted by Gasteiger charge is -2.06. The molecule has 0 aliphatic rings. The standard InChI is InChI=1S/C11H7F3O2/c1-6-2-3-9-7(4-6)10(15)8(5-16-9)11(12,13)14/h2-5H,1H3. The van der Waals surface area contributed by atoms with Crippen molar-refractivity contribution in [2.45, 2.75) is 13.1 Å². The number of benzene rings is 1. The largest absolute Gasteiger partial charge is 0.463 e. The van der Waals surface area contributed by atoms with E-state index in [1.807, 2.05) is 0 Å². The summed E-state index contributed by atoms with van der Waals surface area (Å²) in [6, 6.07) is 4.53. The van der Waals surface area contributed by atoms with Crippen LogP contribution in [0.15, 0.2) is 33.7 Å². The Bertz CT molecular complexity index is 596. The summed E-state index contributed by atoms with van der Waals surface area (Å²) >= 11 is 0. The van der Waals surface area contributed by atoms with Gasteiger partial charge in [0.05, 0.1) is 5.39 Å². The molecule has 0 spiro atoms. The highest BCUT2D eigenvalue weighted by atomic mass is 19.4. The molecule has 0 amide bonds. The van der Waals surface area contributed by atoms with Crippen molar-refractivity contribution in [1.82, 2.24) is 0 Å². The van der Waals surface area contributed by atoms with E-state index in [1.165, 1.54) is 12.1 Å². The van der Waals surface area contributed by atoms with Crippen LogP contribution in [0.3, 0.4) is 0 Å². The van der Waals surface area contributed by atoms with Crippen molar-refractivity contribution in [3.8, 4) is 0 Å². The zero-order chi connectivity index (χ0) is 11.9. The second kappa shape index (κ2) is 3.37. The van der Waals surface area contributed by atoms with E-state index >= 15 is 0 Å². The number of hydrogen-bond donors (Lipinski definition) is 0.